The van der Waals surface area contributed by atoms with E-state index in [9.17, 15) is 9.59 Å². The highest BCUT2D eigenvalue weighted by atomic mass is 16.5. The highest BCUT2D eigenvalue weighted by molar-refractivity contribution is 5.97. The zero-order valence-corrected chi connectivity index (χ0v) is 13.3. The number of ether oxygens (including phenoxy) is 1. The van der Waals surface area contributed by atoms with Gasteiger partial charge in [-0.1, -0.05) is 23.8 Å². The third-order valence-corrected chi connectivity index (χ3v) is 3.64. The van der Waals surface area contributed by atoms with Crippen LogP contribution in [0.15, 0.2) is 42.5 Å². The Bertz CT molecular complexity index is 702. The van der Waals surface area contributed by atoms with E-state index in [1.807, 2.05) is 13.8 Å². The van der Waals surface area contributed by atoms with Crippen LogP contribution in [-0.4, -0.2) is 16.9 Å². The van der Waals surface area contributed by atoms with Crippen molar-refractivity contribution < 1.29 is 19.4 Å². The number of Topliss-reactive ketones (excluding diaryl/α,β-unsaturated/α-hetero) is 1. The van der Waals surface area contributed by atoms with Crippen LogP contribution in [0.1, 0.15) is 39.9 Å². The first-order chi connectivity index (χ1) is 11.0. The molecule has 2 aromatic carbocycles. The molecule has 1 N–H and O–H groups in total. The van der Waals surface area contributed by atoms with Gasteiger partial charge in [-0.3, -0.25) is 9.59 Å². The van der Waals surface area contributed by atoms with Crippen molar-refractivity contribution in [3.8, 4) is 5.75 Å². The fourth-order valence-corrected chi connectivity index (χ4v) is 2.22. The molecule has 0 saturated heterocycles. The smallest absolute Gasteiger partial charge is 0.303 e. The van der Waals surface area contributed by atoms with Crippen LogP contribution in [0.25, 0.3) is 0 Å². The second-order valence-corrected chi connectivity index (χ2v) is 5.56. The molecule has 0 radical (unpaired) electrons. The number of ketones is 1. The molecule has 0 unspecified atom stereocenters. The minimum Gasteiger partial charge on any atom is -0.489 e. The van der Waals surface area contributed by atoms with E-state index in [1.54, 1.807) is 24.3 Å². The topological polar surface area (TPSA) is 63.6 Å². The Morgan fingerprint density at radius 3 is 2.35 bits per heavy atom. The Labute approximate surface area is 135 Å². The summed E-state index contributed by atoms with van der Waals surface area (Å²) in [5.41, 5.74) is 4.00. The zero-order valence-electron chi connectivity index (χ0n) is 13.3. The lowest BCUT2D eigenvalue weighted by Crippen LogP contribution is -2.04. The molecular formula is C19H20O4. The summed E-state index contributed by atoms with van der Waals surface area (Å²) in [5.74, 6) is -0.457. The van der Waals surface area contributed by atoms with Crippen LogP contribution in [-0.2, 0) is 11.4 Å². The lowest BCUT2D eigenvalue weighted by molar-refractivity contribution is -0.136. The van der Waals surface area contributed by atoms with Crippen LogP contribution >= 0.6 is 0 Å². The first-order valence-corrected chi connectivity index (χ1v) is 7.49. The number of benzene rings is 2. The number of carboxylic acids is 1. The quantitative estimate of drug-likeness (QED) is 0.787. The van der Waals surface area contributed by atoms with E-state index >= 15 is 0 Å². The van der Waals surface area contributed by atoms with Gasteiger partial charge in [0.15, 0.2) is 5.78 Å². The molecule has 0 spiro atoms. The molecule has 2 aromatic rings. The van der Waals surface area contributed by atoms with E-state index in [2.05, 4.69) is 18.2 Å². The van der Waals surface area contributed by atoms with Crippen LogP contribution in [0, 0.1) is 13.8 Å². The van der Waals surface area contributed by atoms with E-state index < -0.39 is 5.97 Å². The summed E-state index contributed by atoms with van der Waals surface area (Å²) < 4.78 is 5.76. The molecule has 0 heterocycles. The molecule has 0 atom stereocenters. The predicted molar refractivity (Wildman–Crippen MR) is 87.9 cm³/mol. The summed E-state index contributed by atoms with van der Waals surface area (Å²) in [6.45, 7) is 4.56. The number of hydrogen-bond acceptors (Lipinski definition) is 3. The van der Waals surface area contributed by atoms with E-state index in [0.717, 1.165) is 5.56 Å². The summed E-state index contributed by atoms with van der Waals surface area (Å²) in [4.78, 5) is 22.3. The van der Waals surface area contributed by atoms with Crippen molar-refractivity contribution in [2.75, 3.05) is 0 Å². The molecule has 0 saturated carbocycles. The van der Waals surface area contributed by atoms with Gasteiger partial charge in [-0.25, -0.2) is 0 Å². The van der Waals surface area contributed by atoms with Gasteiger partial charge in [0.2, 0.25) is 0 Å². The largest absolute Gasteiger partial charge is 0.489 e. The number of rotatable bonds is 7. The van der Waals surface area contributed by atoms with Crippen molar-refractivity contribution in [2.24, 2.45) is 0 Å². The first-order valence-electron chi connectivity index (χ1n) is 7.49. The van der Waals surface area contributed by atoms with Crippen molar-refractivity contribution in [3.05, 3.63) is 64.7 Å². The lowest BCUT2D eigenvalue weighted by Gasteiger charge is -2.10. The molecule has 2 rings (SSSR count). The third kappa shape index (κ3) is 4.95. The summed E-state index contributed by atoms with van der Waals surface area (Å²) in [7, 11) is 0. The van der Waals surface area contributed by atoms with Gasteiger partial charge < -0.3 is 9.84 Å². The maximum Gasteiger partial charge on any atom is 0.303 e. The zero-order chi connectivity index (χ0) is 16.8. The Balaban J connectivity index is 1.96. The normalized spacial score (nSPS) is 10.3. The van der Waals surface area contributed by atoms with Gasteiger partial charge in [-0.2, -0.15) is 0 Å². The molecule has 120 valence electrons. The van der Waals surface area contributed by atoms with E-state index in [1.165, 1.54) is 11.1 Å². The van der Waals surface area contributed by atoms with Gasteiger partial charge in [0.25, 0.3) is 0 Å². The Hall–Kier alpha value is -2.62. The van der Waals surface area contributed by atoms with Crippen molar-refractivity contribution in [1.82, 2.24) is 0 Å². The molecule has 0 aliphatic carbocycles. The van der Waals surface area contributed by atoms with Gasteiger partial charge in [0.1, 0.15) is 12.4 Å². The number of carbonyl (C=O) groups is 2. The van der Waals surface area contributed by atoms with Gasteiger partial charge in [-0.15, -0.1) is 0 Å². The summed E-state index contributed by atoms with van der Waals surface area (Å²) in [6.07, 6.45) is -0.137. The van der Waals surface area contributed by atoms with Gasteiger partial charge in [0.05, 0.1) is 6.42 Å². The number of aryl methyl sites for hydroxylation is 2. The molecular weight excluding hydrogens is 292 g/mol. The molecule has 0 aromatic heterocycles. The van der Waals surface area contributed by atoms with Crippen LogP contribution in [0.3, 0.4) is 0 Å². The molecule has 0 aliphatic heterocycles. The Morgan fingerprint density at radius 2 is 1.70 bits per heavy atom. The maximum atomic E-state index is 11.8. The second-order valence-electron chi connectivity index (χ2n) is 5.56. The van der Waals surface area contributed by atoms with Gasteiger partial charge >= 0.3 is 5.97 Å². The van der Waals surface area contributed by atoms with Crippen LogP contribution in [0.2, 0.25) is 0 Å². The predicted octanol–water partition coefficient (Wildman–Crippen LogP) is 3.93. The van der Waals surface area contributed by atoms with Crippen LogP contribution < -0.4 is 4.74 Å². The second kappa shape index (κ2) is 7.58. The van der Waals surface area contributed by atoms with E-state index in [0.29, 0.717) is 17.9 Å². The van der Waals surface area contributed by atoms with Gasteiger partial charge in [0, 0.05) is 12.0 Å². The lowest BCUT2D eigenvalue weighted by atomic mass is 10.1. The molecule has 0 aliphatic rings. The highest BCUT2D eigenvalue weighted by Crippen LogP contribution is 2.17. The number of hydrogen-bond donors (Lipinski definition) is 1. The SMILES string of the molecule is Cc1ccc(C)c(COc2ccc(C(=O)CCC(=O)O)cc2)c1. The maximum absolute atomic E-state index is 11.8. The van der Waals surface area contributed by atoms with Crippen molar-refractivity contribution >= 4 is 11.8 Å². The summed E-state index contributed by atoms with van der Waals surface area (Å²) in [5, 5.41) is 8.60. The standard InChI is InChI=1S/C19H20O4/c1-13-3-4-14(2)16(11-13)12-23-17-7-5-15(6-8-17)18(20)9-10-19(21)22/h3-8,11H,9-10,12H2,1-2H3,(H,21,22). The number of carbonyl (C=O) groups excluding carboxylic acids is 1. The third-order valence-electron chi connectivity index (χ3n) is 3.64. The Kier molecular flexibility index (Phi) is 5.52. The van der Waals surface area contributed by atoms with E-state index in [-0.39, 0.29) is 18.6 Å². The summed E-state index contributed by atoms with van der Waals surface area (Å²) in [6, 6.07) is 13.0. The fourth-order valence-electron chi connectivity index (χ4n) is 2.22. The van der Waals surface area contributed by atoms with Gasteiger partial charge in [-0.05, 0) is 49.2 Å². The minimum atomic E-state index is -0.966. The van der Waals surface area contributed by atoms with Crippen molar-refractivity contribution in [2.45, 2.75) is 33.3 Å². The Morgan fingerprint density at radius 1 is 1.00 bits per heavy atom. The molecule has 4 nitrogen and oxygen atoms in total. The number of aliphatic carboxylic acids is 1. The van der Waals surface area contributed by atoms with Crippen molar-refractivity contribution in [1.29, 1.82) is 0 Å². The van der Waals surface area contributed by atoms with Crippen molar-refractivity contribution in [3.63, 3.8) is 0 Å². The molecule has 4 heteroatoms. The highest BCUT2D eigenvalue weighted by Gasteiger charge is 2.08. The van der Waals surface area contributed by atoms with Crippen LogP contribution in [0.5, 0.6) is 5.75 Å². The average Bonchev–Trinajstić information content (AvgIpc) is 2.54. The monoisotopic (exact) mass is 312 g/mol. The number of carboxylic acid groups (broad SMARTS) is 1. The minimum absolute atomic E-state index is 0.0119. The fraction of sp³-hybridized carbons (Fsp3) is 0.263. The average molecular weight is 312 g/mol. The molecule has 0 bridgehead atoms. The molecule has 0 fully saturated rings. The summed E-state index contributed by atoms with van der Waals surface area (Å²) >= 11 is 0. The first kappa shape index (κ1) is 16.7. The van der Waals surface area contributed by atoms with E-state index in [4.69, 9.17) is 9.84 Å². The molecule has 0 amide bonds. The molecule has 23 heavy (non-hydrogen) atoms. The van der Waals surface area contributed by atoms with Crippen LogP contribution in [0.4, 0.5) is 0 Å².